The predicted octanol–water partition coefficient (Wildman–Crippen LogP) is 1.90. The Balaban J connectivity index is 2.52. The van der Waals surface area contributed by atoms with Crippen molar-refractivity contribution < 1.29 is 4.74 Å². The topological polar surface area (TPSA) is 35.2 Å². The molecule has 0 fully saturated rings. The highest BCUT2D eigenvalue weighted by Crippen LogP contribution is 2.33. The van der Waals surface area contributed by atoms with Crippen LogP contribution in [0.15, 0.2) is 12.1 Å². The van der Waals surface area contributed by atoms with Crippen LogP contribution in [0.1, 0.15) is 18.1 Å². The number of nitrogen functional groups attached to an aromatic ring is 1. The summed E-state index contributed by atoms with van der Waals surface area (Å²) in [6, 6.07) is 3.96. The maximum absolute atomic E-state index is 5.72. The Labute approximate surface area is 72.3 Å². The Kier molecular flexibility index (Phi) is 1.50. The van der Waals surface area contributed by atoms with Crippen LogP contribution in [0.4, 0.5) is 5.69 Å². The molecule has 0 aromatic heterocycles. The van der Waals surface area contributed by atoms with Crippen LogP contribution in [0.5, 0.6) is 5.75 Å². The average Bonchev–Trinajstić information content (AvgIpc) is 2.29. The fourth-order valence-electron chi connectivity index (χ4n) is 1.75. The van der Waals surface area contributed by atoms with Gasteiger partial charge in [0, 0.05) is 17.7 Å². The number of hydrogen-bond acceptors (Lipinski definition) is 2. The van der Waals surface area contributed by atoms with E-state index in [0.29, 0.717) is 6.10 Å². The molecule has 12 heavy (non-hydrogen) atoms. The van der Waals surface area contributed by atoms with Crippen LogP contribution in [0.2, 0.25) is 0 Å². The summed E-state index contributed by atoms with van der Waals surface area (Å²) in [4.78, 5) is 0. The van der Waals surface area contributed by atoms with Crippen molar-refractivity contribution in [1.82, 2.24) is 0 Å². The van der Waals surface area contributed by atoms with Gasteiger partial charge in [-0.05, 0) is 31.5 Å². The minimum Gasteiger partial charge on any atom is -0.490 e. The van der Waals surface area contributed by atoms with E-state index in [2.05, 4.69) is 6.92 Å². The normalized spacial score (nSPS) is 20.3. The standard InChI is InChI=1S/C10H13NO/c1-6-3-9(11)5-8-4-7(2)12-10(6)8/h3,5,7H,4,11H2,1-2H3. The van der Waals surface area contributed by atoms with E-state index in [9.17, 15) is 0 Å². The van der Waals surface area contributed by atoms with Crippen LogP contribution in [0.25, 0.3) is 0 Å². The van der Waals surface area contributed by atoms with E-state index in [1.165, 1.54) is 5.56 Å². The molecule has 1 aliphatic heterocycles. The Bertz CT molecular complexity index is 320. The molecule has 0 aliphatic carbocycles. The van der Waals surface area contributed by atoms with Gasteiger partial charge in [-0.3, -0.25) is 0 Å². The summed E-state index contributed by atoms with van der Waals surface area (Å²) >= 11 is 0. The van der Waals surface area contributed by atoms with Gasteiger partial charge < -0.3 is 10.5 Å². The molecule has 1 aliphatic rings. The molecule has 0 saturated carbocycles. The van der Waals surface area contributed by atoms with Gasteiger partial charge in [-0.15, -0.1) is 0 Å². The number of fused-ring (bicyclic) bond motifs is 1. The summed E-state index contributed by atoms with van der Waals surface area (Å²) in [5, 5.41) is 0. The second-order valence-corrected chi connectivity index (χ2v) is 3.46. The maximum Gasteiger partial charge on any atom is 0.126 e. The Morgan fingerprint density at radius 1 is 1.50 bits per heavy atom. The van der Waals surface area contributed by atoms with Crippen LogP contribution in [0.3, 0.4) is 0 Å². The van der Waals surface area contributed by atoms with E-state index < -0.39 is 0 Å². The predicted molar refractivity (Wildman–Crippen MR) is 49.4 cm³/mol. The second-order valence-electron chi connectivity index (χ2n) is 3.46. The summed E-state index contributed by atoms with van der Waals surface area (Å²) in [5.41, 5.74) is 8.96. The van der Waals surface area contributed by atoms with Crippen LogP contribution in [-0.2, 0) is 6.42 Å². The number of rotatable bonds is 0. The van der Waals surface area contributed by atoms with Gasteiger partial charge in [0.1, 0.15) is 11.9 Å². The third-order valence-electron chi connectivity index (χ3n) is 2.20. The SMILES string of the molecule is Cc1cc(N)cc2c1OC(C)C2. The summed E-state index contributed by atoms with van der Waals surface area (Å²) in [5.74, 6) is 1.04. The van der Waals surface area contributed by atoms with Crippen LogP contribution in [-0.4, -0.2) is 6.10 Å². The third-order valence-corrected chi connectivity index (χ3v) is 2.20. The number of nitrogens with two attached hydrogens (primary N) is 1. The van der Waals surface area contributed by atoms with Crippen molar-refractivity contribution in [2.45, 2.75) is 26.4 Å². The molecule has 64 valence electrons. The van der Waals surface area contributed by atoms with E-state index in [1.807, 2.05) is 19.1 Å². The first-order valence-corrected chi connectivity index (χ1v) is 4.22. The largest absolute Gasteiger partial charge is 0.490 e. The lowest BCUT2D eigenvalue weighted by atomic mass is 10.1. The molecule has 0 bridgehead atoms. The first-order chi connectivity index (χ1) is 5.66. The second kappa shape index (κ2) is 2.41. The summed E-state index contributed by atoms with van der Waals surface area (Å²) in [6.07, 6.45) is 1.29. The molecule has 2 N–H and O–H groups in total. The van der Waals surface area contributed by atoms with Gasteiger partial charge >= 0.3 is 0 Å². The van der Waals surface area contributed by atoms with Crippen molar-refractivity contribution in [2.24, 2.45) is 0 Å². The third kappa shape index (κ3) is 1.04. The lowest BCUT2D eigenvalue weighted by Gasteiger charge is -2.05. The maximum atomic E-state index is 5.72. The molecule has 2 rings (SSSR count). The van der Waals surface area contributed by atoms with E-state index in [4.69, 9.17) is 10.5 Å². The lowest BCUT2D eigenvalue weighted by molar-refractivity contribution is 0.253. The average molecular weight is 163 g/mol. The highest BCUT2D eigenvalue weighted by molar-refractivity contribution is 5.54. The van der Waals surface area contributed by atoms with Crippen LogP contribution < -0.4 is 10.5 Å². The highest BCUT2D eigenvalue weighted by atomic mass is 16.5. The molecule has 0 spiro atoms. The number of anilines is 1. The van der Waals surface area contributed by atoms with Gasteiger partial charge in [-0.1, -0.05) is 0 Å². The van der Waals surface area contributed by atoms with Gasteiger partial charge in [0.05, 0.1) is 0 Å². The first-order valence-electron chi connectivity index (χ1n) is 4.22. The molecule has 1 atom stereocenters. The molecular weight excluding hydrogens is 150 g/mol. The Morgan fingerprint density at radius 3 is 3.00 bits per heavy atom. The first kappa shape index (κ1) is 7.47. The van der Waals surface area contributed by atoms with Gasteiger partial charge in [0.15, 0.2) is 0 Å². The number of hydrogen-bond donors (Lipinski definition) is 1. The van der Waals surface area contributed by atoms with Crippen molar-refractivity contribution in [1.29, 1.82) is 0 Å². The quantitative estimate of drug-likeness (QED) is 0.593. The molecule has 0 radical (unpaired) electrons. The van der Waals surface area contributed by atoms with Gasteiger partial charge in [0.2, 0.25) is 0 Å². The molecule has 1 aromatic rings. The fraction of sp³-hybridized carbons (Fsp3) is 0.400. The fourth-order valence-corrected chi connectivity index (χ4v) is 1.75. The van der Waals surface area contributed by atoms with Crippen molar-refractivity contribution in [3.8, 4) is 5.75 Å². The van der Waals surface area contributed by atoms with Crippen LogP contribution >= 0.6 is 0 Å². The number of benzene rings is 1. The molecule has 1 heterocycles. The molecular formula is C10H13NO. The minimum atomic E-state index is 0.306. The molecule has 1 aromatic carbocycles. The smallest absolute Gasteiger partial charge is 0.126 e. The van der Waals surface area contributed by atoms with E-state index in [-0.39, 0.29) is 0 Å². The van der Waals surface area contributed by atoms with Crippen molar-refractivity contribution in [2.75, 3.05) is 5.73 Å². The molecule has 1 unspecified atom stereocenters. The van der Waals surface area contributed by atoms with Gasteiger partial charge in [0.25, 0.3) is 0 Å². The number of aryl methyl sites for hydroxylation is 1. The Hall–Kier alpha value is -1.18. The molecule has 0 amide bonds. The van der Waals surface area contributed by atoms with Gasteiger partial charge in [-0.25, -0.2) is 0 Å². The van der Waals surface area contributed by atoms with Crippen molar-refractivity contribution >= 4 is 5.69 Å². The zero-order valence-corrected chi connectivity index (χ0v) is 7.42. The van der Waals surface area contributed by atoms with Crippen molar-refractivity contribution in [3.05, 3.63) is 23.3 Å². The molecule has 0 saturated heterocycles. The summed E-state index contributed by atoms with van der Waals surface area (Å²) < 4.78 is 5.64. The van der Waals surface area contributed by atoms with Crippen molar-refractivity contribution in [3.63, 3.8) is 0 Å². The van der Waals surface area contributed by atoms with E-state index in [0.717, 1.165) is 23.4 Å². The zero-order valence-electron chi connectivity index (χ0n) is 7.42. The lowest BCUT2D eigenvalue weighted by Crippen LogP contribution is -2.05. The Morgan fingerprint density at radius 2 is 2.25 bits per heavy atom. The van der Waals surface area contributed by atoms with Gasteiger partial charge in [-0.2, -0.15) is 0 Å². The minimum absolute atomic E-state index is 0.306. The van der Waals surface area contributed by atoms with Crippen LogP contribution in [0, 0.1) is 6.92 Å². The molecule has 2 nitrogen and oxygen atoms in total. The highest BCUT2D eigenvalue weighted by Gasteiger charge is 2.20. The van der Waals surface area contributed by atoms with E-state index >= 15 is 0 Å². The summed E-state index contributed by atoms with van der Waals surface area (Å²) in [6.45, 7) is 4.11. The monoisotopic (exact) mass is 163 g/mol. The summed E-state index contributed by atoms with van der Waals surface area (Å²) in [7, 11) is 0. The number of ether oxygens (including phenoxy) is 1. The molecule has 2 heteroatoms. The zero-order chi connectivity index (χ0) is 8.72. The van der Waals surface area contributed by atoms with E-state index in [1.54, 1.807) is 0 Å².